The molecule has 0 saturated heterocycles. The molecule has 1 heterocycles. The molecule has 0 radical (unpaired) electrons. The molecular formula is C15H21BrN2O4. The van der Waals surface area contributed by atoms with E-state index >= 15 is 0 Å². The minimum Gasteiger partial charge on any atom is -0.489 e. The van der Waals surface area contributed by atoms with Crippen LogP contribution in [0.4, 0.5) is 4.79 Å². The Morgan fingerprint density at radius 2 is 2.09 bits per heavy atom. The molecule has 1 N–H and O–H groups in total. The zero-order valence-corrected chi connectivity index (χ0v) is 14.4. The Hall–Kier alpha value is -1.50. The van der Waals surface area contributed by atoms with E-state index in [0.717, 1.165) is 30.2 Å². The molecule has 0 spiro atoms. The minimum atomic E-state index is -0.387. The third kappa shape index (κ3) is 4.50. The second-order valence-corrected chi connectivity index (χ2v) is 6.42. The first-order valence-corrected chi connectivity index (χ1v) is 8.13. The van der Waals surface area contributed by atoms with Crippen LogP contribution in [0.1, 0.15) is 25.7 Å². The van der Waals surface area contributed by atoms with Crippen LogP contribution >= 0.6 is 15.9 Å². The highest BCUT2D eigenvalue weighted by molar-refractivity contribution is 9.10. The van der Waals surface area contributed by atoms with E-state index in [9.17, 15) is 9.59 Å². The summed E-state index contributed by atoms with van der Waals surface area (Å²) in [5.74, 6) is 1.05. The molecule has 1 saturated carbocycles. The third-order valence-electron chi connectivity index (χ3n) is 3.95. The molecule has 22 heavy (non-hydrogen) atoms. The van der Waals surface area contributed by atoms with Gasteiger partial charge in [0.2, 0.25) is 0 Å². The van der Waals surface area contributed by atoms with E-state index in [1.165, 1.54) is 17.7 Å². The quantitative estimate of drug-likeness (QED) is 0.880. The van der Waals surface area contributed by atoms with Crippen molar-refractivity contribution in [3.8, 4) is 5.75 Å². The van der Waals surface area contributed by atoms with E-state index < -0.39 is 0 Å². The summed E-state index contributed by atoms with van der Waals surface area (Å²) in [6, 6.07) is 1.51. The van der Waals surface area contributed by atoms with Crippen LogP contribution in [0.2, 0.25) is 0 Å². The summed E-state index contributed by atoms with van der Waals surface area (Å²) in [6.07, 6.45) is 5.22. The van der Waals surface area contributed by atoms with Crippen LogP contribution in [0.5, 0.6) is 5.75 Å². The van der Waals surface area contributed by atoms with E-state index in [4.69, 9.17) is 4.74 Å². The van der Waals surface area contributed by atoms with E-state index in [1.807, 2.05) is 0 Å². The van der Waals surface area contributed by atoms with Crippen molar-refractivity contribution < 1.29 is 14.3 Å². The van der Waals surface area contributed by atoms with Gasteiger partial charge in [-0.25, -0.2) is 4.79 Å². The van der Waals surface area contributed by atoms with Crippen LogP contribution in [0.15, 0.2) is 21.5 Å². The van der Waals surface area contributed by atoms with Gasteiger partial charge in [-0.05, 0) is 47.5 Å². The molecule has 0 bridgehead atoms. The van der Waals surface area contributed by atoms with Gasteiger partial charge < -0.3 is 19.4 Å². The smallest absolute Gasteiger partial charge is 0.406 e. The molecule has 1 aromatic rings. The third-order valence-corrected chi connectivity index (χ3v) is 4.55. The molecule has 1 fully saturated rings. The largest absolute Gasteiger partial charge is 0.489 e. The number of carbonyl (C=O) groups excluding carboxylic acids is 1. The number of nitrogens with one attached hydrogen (secondary N) is 1. The fourth-order valence-corrected chi connectivity index (χ4v) is 3.12. The highest BCUT2D eigenvalue weighted by Crippen LogP contribution is 2.30. The molecule has 1 aromatic heterocycles. The minimum absolute atomic E-state index is 0.0887. The number of ether oxygens (including phenoxy) is 2. The number of amides is 1. The standard InChI is InChI=1S/C15H21BrN2O4/c1-18-9-12(16)13(7-14(18)19)22-11-5-3-10(4-6-11)8-17-15(20)21-2/h7,9-11H,3-6,8H2,1-2H3,(H,17,20). The molecule has 7 heteroatoms. The fourth-order valence-electron chi connectivity index (χ4n) is 2.60. The molecule has 6 nitrogen and oxygen atoms in total. The van der Waals surface area contributed by atoms with E-state index in [0.29, 0.717) is 18.2 Å². The maximum Gasteiger partial charge on any atom is 0.406 e. The van der Waals surface area contributed by atoms with Crippen molar-refractivity contribution in [1.82, 2.24) is 9.88 Å². The monoisotopic (exact) mass is 372 g/mol. The molecular weight excluding hydrogens is 352 g/mol. The van der Waals surface area contributed by atoms with Gasteiger partial charge in [0.05, 0.1) is 17.7 Å². The zero-order valence-electron chi connectivity index (χ0n) is 12.8. The Balaban J connectivity index is 1.84. The summed E-state index contributed by atoms with van der Waals surface area (Å²) >= 11 is 3.42. The van der Waals surface area contributed by atoms with Crippen molar-refractivity contribution in [2.75, 3.05) is 13.7 Å². The van der Waals surface area contributed by atoms with Gasteiger partial charge in [0, 0.05) is 25.9 Å². The molecule has 0 atom stereocenters. The number of nitrogens with zero attached hydrogens (tertiary/aromatic N) is 1. The van der Waals surface area contributed by atoms with Crippen molar-refractivity contribution in [2.24, 2.45) is 13.0 Å². The van der Waals surface area contributed by atoms with Crippen molar-refractivity contribution in [3.63, 3.8) is 0 Å². The molecule has 0 unspecified atom stereocenters. The summed E-state index contributed by atoms with van der Waals surface area (Å²) in [4.78, 5) is 22.7. The van der Waals surface area contributed by atoms with Gasteiger partial charge in [0.25, 0.3) is 5.56 Å². The maximum atomic E-state index is 11.7. The summed E-state index contributed by atoms with van der Waals surface area (Å²) < 4.78 is 12.8. The number of rotatable bonds is 4. The topological polar surface area (TPSA) is 69.6 Å². The Kier molecular flexibility index (Phi) is 5.88. The van der Waals surface area contributed by atoms with Crippen molar-refractivity contribution in [2.45, 2.75) is 31.8 Å². The highest BCUT2D eigenvalue weighted by atomic mass is 79.9. The number of hydrogen-bond donors (Lipinski definition) is 1. The van der Waals surface area contributed by atoms with Crippen LogP contribution < -0.4 is 15.6 Å². The van der Waals surface area contributed by atoms with E-state index in [1.54, 1.807) is 13.2 Å². The number of methoxy groups -OCH3 is 1. The number of aromatic nitrogens is 1. The second-order valence-electron chi connectivity index (χ2n) is 5.57. The summed E-state index contributed by atoms with van der Waals surface area (Å²) in [7, 11) is 3.07. The predicted molar refractivity (Wildman–Crippen MR) is 86.2 cm³/mol. The first-order valence-electron chi connectivity index (χ1n) is 7.34. The summed E-state index contributed by atoms with van der Waals surface area (Å²) in [5.41, 5.74) is -0.0887. The van der Waals surface area contributed by atoms with Gasteiger partial charge in [-0.3, -0.25) is 4.79 Å². The Labute approximate surface area is 137 Å². The average Bonchev–Trinajstić information content (AvgIpc) is 2.51. The zero-order chi connectivity index (χ0) is 16.1. The number of halogens is 1. The molecule has 0 aliphatic heterocycles. The van der Waals surface area contributed by atoms with Gasteiger partial charge >= 0.3 is 6.09 Å². The lowest BCUT2D eigenvalue weighted by molar-refractivity contribution is 0.126. The van der Waals surface area contributed by atoms with Crippen molar-refractivity contribution in [1.29, 1.82) is 0 Å². The van der Waals surface area contributed by atoms with Crippen LogP contribution in [0, 0.1) is 5.92 Å². The Bertz CT molecular complexity index is 579. The lowest BCUT2D eigenvalue weighted by atomic mass is 9.87. The molecule has 122 valence electrons. The lowest BCUT2D eigenvalue weighted by Crippen LogP contribution is -2.33. The molecule has 1 aliphatic carbocycles. The average molecular weight is 373 g/mol. The van der Waals surface area contributed by atoms with E-state index in [2.05, 4.69) is 26.0 Å². The number of alkyl carbamates (subject to hydrolysis) is 1. The molecule has 1 aliphatic rings. The van der Waals surface area contributed by atoms with Gasteiger partial charge in [-0.15, -0.1) is 0 Å². The van der Waals surface area contributed by atoms with Crippen LogP contribution in [-0.2, 0) is 11.8 Å². The summed E-state index contributed by atoms with van der Waals surface area (Å²) in [5, 5.41) is 2.74. The molecule has 2 rings (SSSR count). The number of aryl methyl sites for hydroxylation is 1. The molecule has 0 aromatic carbocycles. The highest BCUT2D eigenvalue weighted by Gasteiger charge is 2.23. The summed E-state index contributed by atoms with van der Waals surface area (Å²) in [6.45, 7) is 0.634. The van der Waals surface area contributed by atoms with E-state index in [-0.39, 0.29) is 17.8 Å². The van der Waals surface area contributed by atoms with Crippen LogP contribution in [0.25, 0.3) is 0 Å². The maximum absolute atomic E-state index is 11.7. The number of hydrogen-bond acceptors (Lipinski definition) is 4. The van der Waals surface area contributed by atoms with Gasteiger partial charge in [0.1, 0.15) is 5.75 Å². The fraction of sp³-hybridized carbons (Fsp3) is 0.600. The van der Waals surface area contributed by atoms with Crippen molar-refractivity contribution >= 4 is 22.0 Å². The Morgan fingerprint density at radius 1 is 1.41 bits per heavy atom. The normalized spacial score (nSPS) is 21.2. The number of carbonyl (C=O) groups is 1. The van der Waals surface area contributed by atoms with Gasteiger partial charge in [-0.2, -0.15) is 0 Å². The van der Waals surface area contributed by atoms with Gasteiger partial charge in [0.15, 0.2) is 0 Å². The molecule has 1 amide bonds. The first-order chi connectivity index (χ1) is 10.5. The lowest BCUT2D eigenvalue weighted by Gasteiger charge is -2.29. The first kappa shape index (κ1) is 16.9. The van der Waals surface area contributed by atoms with Crippen LogP contribution in [-0.4, -0.2) is 30.4 Å². The SMILES string of the molecule is COC(=O)NCC1CCC(Oc2cc(=O)n(C)cc2Br)CC1. The Morgan fingerprint density at radius 3 is 2.73 bits per heavy atom. The van der Waals surface area contributed by atoms with Gasteiger partial charge in [-0.1, -0.05) is 0 Å². The number of pyridine rings is 1. The van der Waals surface area contributed by atoms with Crippen LogP contribution in [0.3, 0.4) is 0 Å². The second kappa shape index (κ2) is 7.67. The predicted octanol–water partition coefficient (Wildman–Crippen LogP) is 2.44. The van der Waals surface area contributed by atoms with Crippen molar-refractivity contribution in [3.05, 3.63) is 27.1 Å².